The van der Waals surface area contributed by atoms with Crippen molar-refractivity contribution in [2.24, 2.45) is 0 Å². The molecule has 2 rings (SSSR count). The van der Waals surface area contributed by atoms with Crippen molar-refractivity contribution in [1.29, 1.82) is 0 Å². The van der Waals surface area contributed by atoms with E-state index in [4.69, 9.17) is 14.6 Å². The Bertz CT molecular complexity index is 681. The van der Waals surface area contributed by atoms with Crippen LogP contribution in [-0.2, 0) is 6.61 Å². The highest BCUT2D eigenvalue weighted by Crippen LogP contribution is 2.26. The lowest BCUT2D eigenvalue weighted by Gasteiger charge is -2.12. The molecule has 0 aliphatic rings. The minimum absolute atomic E-state index is 0.00229. The first kappa shape index (κ1) is 13.9. The van der Waals surface area contributed by atoms with Gasteiger partial charge in [0, 0.05) is 12.1 Å². The number of aromatic nitrogens is 2. The predicted molar refractivity (Wildman–Crippen MR) is 70.5 cm³/mol. The molecule has 106 valence electrons. The second-order valence-corrected chi connectivity index (χ2v) is 3.92. The van der Waals surface area contributed by atoms with Gasteiger partial charge in [-0.3, -0.25) is 4.79 Å². The number of rotatable bonds is 4. The van der Waals surface area contributed by atoms with Crippen molar-refractivity contribution in [1.82, 2.24) is 9.78 Å². The third kappa shape index (κ3) is 2.43. The van der Waals surface area contributed by atoms with Crippen LogP contribution < -0.4 is 15.0 Å². The van der Waals surface area contributed by atoms with Crippen LogP contribution in [0.2, 0.25) is 0 Å². The summed E-state index contributed by atoms with van der Waals surface area (Å²) >= 11 is 0. The van der Waals surface area contributed by atoms with Gasteiger partial charge in [0.05, 0.1) is 20.8 Å². The molecule has 2 aromatic rings. The van der Waals surface area contributed by atoms with Gasteiger partial charge >= 0.3 is 0 Å². The van der Waals surface area contributed by atoms with Gasteiger partial charge in [-0.2, -0.15) is 9.78 Å². The van der Waals surface area contributed by atoms with E-state index in [1.54, 1.807) is 18.2 Å². The zero-order valence-electron chi connectivity index (χ0n) is 11.0. The lowest BCUT2D eigenvalue weighted by molar-refractivity contribution is 0.266. The van der Waals surface area contributed by atoms with Crippen molar-refractivity contribution in [3.63, 3.8) is 0 Å². The fraction of sp³-hybridized carbons (Fsp3) is 0.231. The summed E-state index contributed by atoms with van der Waals surface area (Å²) < 4.78 is 11.3. The van der Waals surface area contributed by atoms with Crippen molar-refractivity contribution in [3.8, 4) is 22.9 Å². The predicted octanol–water partition coefficient (Wildman–Crippen LogP) is 0.448. The lowest BCUT2D eigenvalue weighted by atomic mass is 10.2. The number of hydrogen-bond donors (Lipinski definition) is 2. The molecule has 0 aliphatic heterocycles. The van der Waals surface area contributed by atoms with Crippen LogP contribution in [0.4, 0.5) is 0 Å². The van der Waals surface area contributed by atoms with E-state index in [1.807, 2.05) is 0 Å². The van der Waals surface area contributed by atoms with Gasteiger partial charge in [0.15, 0.2) is 0 Å². The van der Waals surface area contributed by atoms with E-state index in [1.165, 1.54) is 14.2 Å². The average molecular weight is 278 g/mol. The van der Waals surface area contributed by atoms with Crippen molar-refractivity contribution >= 4 is 0 Å². The Morgan fingerprint density at radius 3 is 2.60 bits per heavy atom. The van der Waals surface area contributed by atoms with E-state index in [9.17, 15) is 9.90 Å². The molecule has 1 aromatic heterocycles. The molecule has 0 spiro atoms. The number of hydrogen-bond acceptors (Lipinski definition) is 6. The summed E-state index contributed by atoms with van der Waals surface area (Å²) in [4.78, 5) is 11.9. The summed E-state index contributed by atoms with van der Waals surface area (Å²) in [5.41, 5.74) is -0.154. The van der Waals surface area contributed by atoms with E-state index in [0.717, 1.165) is 10.7 Å². The fourth-order valence-corrected chi connectivity index (χ4v) is 1.73. The normalized spacial score (nSPS) is 10.3. The second-order valence-electron chi connectivity index (χ2n) is 3.92. The van der Waals surface area contributed by atoms with Crippen LogP contribution in [0.5, 0.6) is 17.2 Å². The summed E-state index contributed by atoms with van der Waals surface area (Å²) in [6.45, 7) is -0.482. The zero-order chi connectivity index (χ0) is 14.7. The van der Waals surface area contributed by atoms with Gasteiger partial charge in [0.25, 0.3) is 5.56 Å². The van der Waals surface area contributed by atoms with Gasteiger partial charge in [-0.1, -0.05) is 0 Å². The number of benzene rings is 1. The van der Waals surface area contributed by atoms with Gasteiger partial charge in [-0.15, -0.1) is 0 Å². The van der Waals surface area contributed by atoms with E-state index < -0.39 is 12.2 Å². The van der Waals surface area contributed by atoms with Crippen molar-refractivity contribution in [2.75, 3.05) is 14.2 Å². The maximum Gasteiger partial charge on any atom is 0.275 e. The van der Waals surface area contributed by atoms with Crippen LogP contribution in [0.1, 0.15) is 5.69 Å². The summed E-state index contributed by atoms with van der Waals surface area (Å²) in [6.07, 6.45) is 0. The molecule has 0 atom stereocenters. The van der Waals surface area contributed by atoms with Gasteiger partial charge in [0.1, 0.15) is 28.6 Å². The van der Waals surface area contributed by atoms with Crippen molar-refractivity contribution in [2.45, 2.75) is 6.61 Å². The van der Waals surface area contributed by atoms with Crippen LogP contribution in [-0.4, -0.2) is 34.2 Å². The molecular formula is C13H14N2O5. The standard InChI is InChI=1S/C13H14N2O5/c1-19-8-3-4-10(12(5-8)20-2)15-13(18)6-11(17)9(7-16)14-15/h3-6,16-17H,7H2,1-2H3. The quantitative estimate of drug-likeness (QED) is 0.843. The highest BCUT2D eigenvalue weighted by Gasteiger charge is 2.13. The summed E-state index contributed by atoms with van der Waals surface area (Å²) in [7, 11) is 2.97. The maximum atomic E-state index is 11.9. The second kappa shape index (κ2) is 5.62. The zero-order valence-corrected chi connectivity index (χ0v) is 11.0. The van der Waals surface area contributed by atoms with Crippen molar-refractivity contribution < 1.29 is 19.7 Å². The molecule has 0 saturated heterocycles. The van der Waals surface area contributed by atoms with E-state index in [-0.39, 0.29) is 11.4 Å². The molecule has 0 unspecified atom stereocenters. The molecule has 2 N–H and O–H groups in total. The van der Waals surface area contributed by atoms with Crippen LogP contribution >= 0.6 is 0 Å². The molecule has 0 fully saturated rings. The molecule has 1 aromatic carbocycles. The summed E-state index contributed by atoms with van der Waals surface area (Å²) in [5.74, 6) is 0.606. The SMILES string of the molecule is COc1ccc(-n2nc(CO)c(O)cc2=O)c(OC)c1. The van der Waals surface area contributed by atoms with Crippen LogP contribution in [0.25, 0.3) is 5.69 Å². The average Bonchev–Trinajstić information content (AvgIpc) is 2.47. The Labute approximate surface area is 114 Å². The molecule has 20 heavy (non-hydrogen) atoms. The van der Waals surface area contributed by atoms with E-state index in [2.05, 4.69) is 5.10 Å². The molecule has 7 heteroatoms. The highest BCUT2D eigenvalue weighted by molar-refractivity contribution is 5.50. The number of methoxy groups -OCH3 is 2. The van der Waals surface area contributed by atoms with Gasteiger partial charge in [0.2, 0.25) is 0 Å². The summed E-state index contributed by atoms with van der Waals surface area (Å²) in [6, 6.07) is 5.85. The Hall–Kier alpha value is -2.54. The maximum absolute atomic E-state index is 11.9. The number of aliphatic hydroxyl groups excluding tert-OH is 1. The Kier molecular flexibility index (Phi) is 3.90. The topological polar surface area (TPSA) is 93.8 Å². The monoisotopic (exact) mass is 278 g/mol. The molecule has 1 heterocycles. The number of nitrogens with zero attached hydrogens (tertiary/aromatic N) is 2. The van der Waals surface area contributed by atoms with Crippen molar-refractivity contribution in [3.05, 3.63) is 40.3 Å². The third-order valence-corrected chi connectivity index (χ3v) is 2.75. The largest absolute Gasteiger partial charge is 0.506 e. The first-order chi connectivity index (χ1) is 9.60. The molecule has 0 aliphatic carbocycles. The lowest BCUT2D eigenvalue weighted by Crippen LogP contribution is -2.22. The van der Waals surface area contributed by atoms with Crippen LogP contribution in [0.15, 0.2) is 29.1 Å². The smallest absolute Gasteiger partial charge is 0.275 e. The minimum atomic E-state index is -0.539. The van der Waals surface area contributed by atoms with Crippen LogP contribution in [0.3, 0.4) is 0 Å². The third-order valence-electron chi connectivity index (χ3n) is 2.75. The number of ether oxygens (including phenoxy) is 2. The van der Waals surface area contributed by atoms with Gasteiger partial charge < -0.3 is 19.7 Å². The molecule has 7 nitrogen and oxygen atoms in total. The van der Waals surface area contributed by atoms with E-state index in [0.29, 0.717) is 17.2 Å². The first-order valence-electron chi connectivity index (χ1n) is 5.76. The first-order valence-corrected chi connectivity index (χ1v) is 5.76. The number of aliphatic hydroxyl groups is 1. The van der Waals surface area contributed by atoms with Gasteiger partial charge in [-0.05, 0) is 12.1 Å². The Balaban J connectivity index is 2.65. The molecule has 0 radical (unpaired) electrons. The Morgan fingerprint density at radius 1 is 1.25 bits per heavy atom. The minimum Gasteiger partial charge on any atom is -0.506 e. The van der Waals surface area contributed by atoms with Gasteiger partial charge in [-0.25, -0.2) is 0 Å². The molecular weight excluding hydrogens is 264 g/mol. The fourth-order valence-electron chi connectivity index (χ4n) is 1.73. The highest BCUT2D eigenvalue weighted by atomic mass is 16.5. The molecule has 0 saturated carbocycles. The van der Waals surface area contributed by atoms with Crippen LogP contribution in [0, 0.1) is 0 Å². The van der Waals surface area contributed by atoms with E-state index >= 15 is 0 Å². The number of aromatic hydroxyl groups is 1. The molecule has 0 bridgehead atoms. The molecule has 0 amide bonds. The summed E-state index contributed by atoms with van der Waals surface area (Å²) in [5, 5.41) is 22.5. The Morgan fingerprint density at radius 2 is 2.00 bits per heavy atom.